The van der Waals surface area contributed by atoms with E-state index in [4.69, 9.17) is 4.74 Å². The lowest BCUT2D eigenvalue weighted by Crippen LogP contribution is -2.31. The second kappa shape index (κ2) is 9.76. The SMILES string of the molecule is CCCCc1ccc(N2C(=O)C(SCCO)=C(c3ccccc3OC)C2=O)cc1. The smallest absolute Gasteiger partial charge is 0.272 e. The molecule has 0 saturated heterocycles. The average Bonchev–Trinajstić information content (AvgIpc) is 3.00. The van der Waals surface area contributed by atoms with Gasteiger partial charge in [0.15, 0.2) is 0 Å². The van der Waals surface area contributed by atoms with E-state index in [-0.39, 0.29) is 18.4 Å². The van der Waals surface area contributed by atoms with Crippen molar-refractivity contribution in [1.82, 2.24) is 0 Å². The fraction of sp³-hybridized carbons (Fsp3) is 0.304. The third kappa shape index (κ3) is 4.38. The number of rotatable bonds is 9. The number of aliphatic hydroxyl groups is 1. The van der Waals surface area contributed by atoms with Crippen LogP contribution in [0.4, 0.5) is 5.69 Å². The first-order chi connectivity index (χ1) is 14.1. The predicted molar refractivity (Wildman–Crippen MR) is 117 cm³/mol. The minimum Gasteiger partial charge on any atom is -0.496 e. The summed E-state index contributed by atoms with van der Waals surface area (Å²) in [6, 6.07) is 14.7. The van der Waals surface area contributed by atoms with Gasteiger partial charge in [0.05, 0.1) is 29.9 Å². The zero-order valence-corrected chi connectivity index (χ0v) is 17.5. The Hall–Kier alpha value is -2.57. The van der Waals surface area contributed by atoms with Crippen LogP contribution in [0.25, 0.3) is 5.57 Å². The van der Waals surface area contributed by atoms with Crippen molar-refractivity contribution in [2.45, 2.75) is 26.2 Å². The molecular formula is C23H25NO4S. The number of benzene rings is 2. The molecule has 5 nitrogen and oxygen atoms in total. The van der Waals surface area contributed by atoms with Crippen LogP contribution < -0.4 is 9.64 Å². The average molecular weight is 412 g/mol. The molecule has 0 atom stereocenters. The maximum atomic E-state index is 13.3. The topological polar surface area (TPSA) is 66.8 Å². The van der Waals surface area contributed by atoms with Gasteiger partial charge in [0, 0.05) is 11.3 Å². The van der Waals surface area contributed by atoms with Gasteiger partial charge in [0.1, 0.15) is 5.75 Å². The number of hydrogen-bond acceptors (Lipinski definition) is 5. The molecule has 1 N–H and O–H groups in total. The van der Waals surface area contributed by atoms with E-state index < -0.39 is 0 Å². The Morgan fingerprint density at radius 3 is 2.41 bits per heavy atom. The van der Waals surface area contributed by atoms with Crippen LogP contribution in [-0.4, -0.2) is 36.4 Å². The summed E-state index contributed by atoms with van der Waals surface area (Å²) in [5.74, 6) is 0.121. The lowest BCUT2D eigenvalue weighted by Gasteiger charge is -2.16. The summed E-state index contributed by atoms with van der Waals surface area (Å²) in [6.45, 7) is 2.06. The van der Waals surface area contributed by atoms with E-state index >= 15 is 0 Å². The lowest BCUT2D eigenvalue weighted by molar-refractivity contribution is -0.119. The molecule has 0 aliphatic carbocycles. The highest BCUT2D eigenvalue weighted by Crippen LogP contribution is 2.41. The van der Waals surface area contributed by atoms with Crippen molar-refractivity contribution < 1.29 is 19.4 Å². The van der Waals surface area contributed by atoms with Crippen LogP contribution in [0.1, 0.15) is 30.9 Å². The molecule has 0 radical (unpaired) electrons. The summed E-state index contributed by atoms with van der Waals surface area (Å²) >= 11 is 1.19. The Morgan fingerprint density at radius 1 is 1.03 bits per heavy atom. The number of hydrogen-bond donors (Lipinski definition) is 1. The van der Waals surface area contributed by atoms with Crippen molar-refractivity contribution in [1.29, 1.82) is 0 Å². The van der Waals surface area contributed by atoms with Crippen molar-refractivity contribution >= 4 is 34.8 Å². The first-order valence-corrected chi connectivity index (χ1v) is 10.7. The summed E-state index contributed by atoms with van der Waals surface area (Å²) in [4.78, 5) is 28.0. The van der Waals surface area contributed by atoms with Crippen LogP contribution in [0.5, 0.6) is 5.75 Å². The minimum atomic E-state index is -0.374. The number of aryl methyl sites for hydroxylation is 1. The van der Waals surface area contributed by atoms with Crippen LogP contribution in [0.2, 0.25) is 0 Å². The molecule has 0 fully saturated rings. The van der Waals surface area contributed by atoms with Gasteiger partial charge >= 0.3 is 0 Å². The molecule has 0 aromatic heterocycles. The largest absolute Gasteiger partial charge is 0.496 e. The van der Waals surface area contributed by atoms with Gasteiger partial charge in [-0.25, -0.2) is 4.90 Å². The summed E-state index contributed by atoms with van der Waals surface area (Å²) < 4.78 is 5.41. The first kappa shape index (κ1) is 21.1. The van der Waals surface area contributed by atoms with E-state index in [1.807, 2.05) is 36.4 Å². The highest BCUT2D eigenvalue weighted by molar-refractivity contribution is 8.04. The molecule has 152 valence electrons. The number of nitrogens with zero attached hydrogens (tertiary/aromatic N) is 1. The molecule has 29 heavy (non-hydrogen) atoms. The van der Waals surface area contributed by atoms with Gasteiger partial charge < -0.3 is 9.84 Å². The number of thioether (sulfide) groups is 1. The summed E-state index contributed by atoms with van der Waals surface area (Å²) in [7, 11) is 1.54. The van der Waals surface area contributed by atoms with Gasteiger partial charge in [0.2, 0.25) is 0 Å². The molecule has 6 heteroatoms. The molecule has 1 aliphatic rings. The third-order valence-corrected chi connectivity index (χ3v) is 5.82. The number of amides is 2. The van der Waals surface area contributed by atoms with Gasteiger partial charge in [-0.1, -0.05) is 43.7 Å². The summed E-state index contributed by atoms with van der Waals surface area (Å²) in [6.07, 6.45) is 3.19. The molecule has 2 amide bonds. The van der Waals surface area contributed by atoms with Crippen LogP contribution in [0.3, 0.4) is 0 Å². The number of carbonyl (C=O) groups is 2. The van der Waals surface area contributed by atoms with E-state index in [0.29, 0.717) is 33.2 Å². The molecule has 0 unspecified atom stereocenters. The second-order valence-electron chi connectivity index (χ2n) is 6.69. The van der Waals surface area contributed by atoms with E-state index in [2.05, 4.69) is 6.92 Å². The number of carbonyl (C=O) groups excluding carboxylic acids is 2. The zero-order valence-electron chi connectivity index (χ0n) is 16.7. The normalized spacial score (nSPS) is 14.1. The Labute approximate surface area is 175 Å². The maximum absolute atomic E-state index is 13.3. The number of imide groups is 1. The van der Waals surface area contributed by atoms with Gasteiger partial charge in [-0.3, -0.25) is 9.59 Å². The van der Waals surface area contributed by atoms with Crippen LogP contribution in [0.15, 0.2) is 53.4 Å². The van der Waals surface area contributed by atoms with E-state index in [1.54, 1.807) is 12.1 Å². The van der Waals surface area contributed by atoms with Crippen molar-refractivity contribution in [3.05, 3.63) is 64.6 Å². The summed E-state index contributed by atoms with van der Waals surface area (Å²) in [5.41, 5.74) is 2.63. The van der Waals surface area contributed by atoms with Crippen molar-refractivity contribution in [2.75, 3.05) is 24.4 Å². The van der Waals surface area contributed by atoms with E-state index in [0.717, 1.165) is 19.3 Å². The Morgan fingerprint density at radius 2 is 1.76 bits per heavy atom. The molecule has 2 aromatic rings. The molecule has 0 bridgehead atoms. The number of anilines is 1. The van der Waals surface area contributed by atoms with Gasteiger partial charge in [0.25, 0.3) is 11.8 Å². The monoisotopic (exact) mass is 411 g/mol. The standard InChI is InChI=1S/C23H25NO4S/c1-3-4-7-16-10-12-17(13-11-16)24-22(26)20(21(23(24)27)29-15-14-25)18-8-5-6-9-19(18)28-2/h5-6,8-13,25H,3-4,7,14-15H2,1-2H3. The Kier molecular flexibility index (Phi) is 7.12. The molecule has 2 aromatic carbocycles. The van der Waals surface area contributed by atoms with E-state index in [1.165, 1.54) is 29.3 Å². The molecule has 1 aliphatic heterocycles. The van der Waals surface area contributed by atoms with Crippen molar-refractivity contribution in [2.24, 2.45) is 0 Å². The predicted octanol–water partition coefficient (Wildman–Crippen LogP) is 4.05. The second-order valence-corrected chi connectivity index (χ2v) is 7.80. The molecule has 0 saturated carbocycles. The number of para-hydroxylation sites is 1. The number of ether oxygens (including phenoxy) is 1. The number of unbranched alkanes of at least 4 members (excludes halogenated alkanes) is 1. The highest BCUT2D eigenvalue weighted by Gasteiger charge is 2.41. The van der Waals surface area contributed by atoms with Crippen molar-refractivity contribution in [3.63, 3.8) is 0 Å². The van der Waals surface area contributed by atoms with Gasteiger partial charge in [-0.05, 0) is 36.6 Å². The highest BCUT2D eigenvalue weighted by atomic mass is 32.2. The third-order valence-electron chi connectivity index (χ3n) is 4.77. The van der Waals surface area contributed by atoms with Gasteiger partial charge in [-0.15, -0.1) is 11.8 Å². The molecular weight excluding hydrogens is 386 g/mol. The Bertz CT molecular complexity index is 921. The number of methoxy groups -OCH3 is 1. The van der Waals surface area contributed by atoms with Crippen molar-refractivity contribution in [3.8, 4) is 5.75 Å². The fourth-order valence-corrected chi connectivity index (χ4v) is 4.16. The molecule has 1 heterocycles. The lowest BCUT2D eigenvalue weighted by atomic mass is 10.0. The zero-order chi connectivity index (χ0) is 20.8. The van der Waals surface area contributed by atoms with E-state index in [9.17, 15) is 14.7 Å². The molecule has 0 spiro atoms. The molecule has 3 rings (SSSR count). The summed E-state index contributed by atoms with van der Waals surface area (Å²) in [5, 5.41) is 9.24. The Balaban J connectivity index is 1.99. The minimum absolute atomic E-state index is 0.0824. The maximum Gasteiger partial charge on any atom is 0.272 e. The number of aliphatic hydroxyl groups excluding tert-OH is 1. The van der Waals surface area contributed by atoms with Crippen LogP contribution in [-0.2, 0) is 16.0 Å². The fourth-order valence-electron chi connectivity index (χ4n) is 3.31. The first-order valence-electron chi connectivity index (χ1n) is 9.71. The van der Waals surface area contributed by atoms with Crippen LogP contribution in [0, 0.1) is 0 Å². The van der Waals surface area contributed by atoms with Gasteiger partial charge in [-0.2, -0.15) is 0 Å². The van der Waals surface area contributed by atoms with Crippen LogP contribution >= 0.6 is 11.8 Å². The quantitative estimate of drug-likeness (QED) is 0.631.